The van der Waals surface area contributed by atoms with Gasteiger partial charge in [-0.3, -0.25) is 19.3 Å². The second kappa shape index (κ2) is 7.91. The van der Waals surface area contributed by atoms with Crippen molar-refractivity contribution in [2.24, 2.45) is 0 Å². The lowest BCUT2D eigenvalue weighted by atomic mass is 9.99. The van der Waals surface area contributed by atoms with Crippen molar-refractivity contribution in [2.45, 2.75) is 38.8 Å². The lowest BCUT2D eigenvalue weighted by Crippen LogP contribution is -2.44. The number of rotatable bonds is 6. The Kier molecular flexibility index (Phi) is 6.04. The molecule has 2 unspecified atom stereocenters. The number of nitrogens with one attached hydrogen (secondary N) is 2. The predicted octanol–water partition coefficient (Wildman–Crippen LogP) is 2.07. The number of anilines is 1. The summed E-state index contributed by atoms with van der Waals surface area (Å²) in [5.41, 5.74) is -0.918. The van der Waals surface area contributed by atoms with Gasteiger partial charge in [0.1, 0.15) is 17.9 Å². The molecule has 1 aromatic carbocycles. The quantitative estimate of drug-likeness (QED) is 0.562. The number of imide groups is 1. The predicted molar refractivity (Wildman–Crippen MR) is 94.5 cm³/mol. The molecule has 0 aliphatic carbocycles. The monoisotopic (exact) mass is 399 g/mol. The lowest BCUT2D eigenvalue weighted by Gasteiger charge is -2.19. The smallest absolute Gasteiger partial charge is 0.327 e. The molecule has 1 heterocycles. The average molecular weight is 400 g/mol. The van der Waals surface area contributed by atoms with Crippen LogP contribution in [0.25, 0.3) is 0 Å². The fourth-order valence-electron chi connectivity index (χ4n) is 2.37. The minimum atomic E-state index is -1.23. The van der Waals surface area contributed by atoms with Gasteiger partial charge in [0.25, 0.3) is 11.8 Å². The van der Waals surface area contributed by atoms with Gasteiger partial charge in [0.15, 0.2) is 6.10 Å². The van der Waals surface area contributed by atoms with Crippen LogP contribution in [0, 0.1) is 5.82 Å². The van der Waals surface area contributed by atoms with Crippen molar-refractivity contribution in [3.05, 3.63) is 29.0 Å². The molecule has 0 spiro atoms. The van der Waals surface area contributed by atoms with E-state index in [4.69, 9.17) is 16.3 Å². The fourth-order valence-corrected chi connectivity index (χ4v) is 2.59. The second-order valence-corrected chi connectivity index (χ2v) is 6.66. The summed E-state index contributed by atoms with van der Waals surface area (Å²) in [6.45, 7) is 3.98. The number of halogens is 2. The number of esters is 1. The molecule has 146 valence electrons. The van der Waals surface area contributed by atoms with Crippen LogP contribution < -0.4 is 10.6 Å². The van der Waals surface area contributed by atoms with Crippen LogP contribution in [0.4, 0.5) is 14.9 Å². The number of urea groups is 1. The molecule has 8 nitrogen and oxygen atoms in total. The van der Waals surface area contributed by atoms with Crippen molar-refractivity contribution in [3.63, 3.8) is 0 Å². The first-order valence-electron chi connectivity index (χ1n) is 8.17. The molecule has 0 aromatic heterocycles. The number of amides is 4. The summed E-state index contributed by atoms with van der Waals surface area (Å²) in [6, 6.07) is 2.70. The molecule has 2 atom stereocenters. The zero-order chi connectivity index (χ0) is 20.4. The maximum absolute atomic E-state index is 13.0. The highest BCUT2D eigenvalue weighted by Gasteiger charge is 2.47. The van der Waals surface area contributed by atoms with E-state index in [2.05, 4.69) is 10.6 Å². The Morgan fingerprint density at radius 1 is 1.41 bits per heavy atom. The minimum absolute atomic E-state index is 0.0138. The first kappa shape index (κ1) is 20.6. The molecule has 1 aliphatic rings. The average Bonchev–Trinajstić information content (AvgIpc) is 2.81. The number of hydrogen-bond acceptors (Lipinski definition) is 5. The van der Waals surface area contributed by atoms with Crippen molar-refractivity contribution in [1.82, 2.24) is 10.2 Å². The van der Waals surface area contributed by atoms with E-state index in [-0.39, 0.29) is 10.7 Å². The standard InChI is InChI=1S/C17H19ClFN3O5/c1-4-17(3)15(25)22(16(26)21-17)8-13(23)27-9(2)14(24)20-12-6-5-10(19)7-11(12)18/h5-7,9H,4,8H2,1-3H3,(H,20,24)(H,21,26). The third-order valence-corrected chi connectivity index (χ3v) is 4.52. The van der Waals surface area contributed by atoms with Crippen molar-refractivity contribution in [3.8, 4) is 0 Å². The third kappa shape index (κ3) is 4.54. The van der Waals surface area contributed by atoms with Crippen LogP contribution in [-0.4, -0.2) is 46.9 Å². The van der Waals surface area contributed by atoms with Gasteiger partial charge in [0.2, 0.25) is 0 Å². The van der Waals surface area contributed by atoms with E-state index >= 15 is 0 Å². The Hall–Kier alpha value is -2.68. The highest BCUT2D eigenvalue weighted by atomic mass is 35.5. The second-order valence-electron chi connectivity index (χ2n) is 6.25. The molecular formula is C17H19ClFN3O5. The van der Waals surface area contributed by atoms with Gasteiger partial charge in [-0.05, 0) is 38.5 Å². The van der Waals surface area contributed by atoms with E-state index in [0.29, 0.717) is 6.42 Å². The molecule has 4 amide bonds. The highest BCUT2D eigenvalue weighted by molar-refractivity contribution is 6.33. The van der Waals surface area contributed by atoms with Crippen molar-refractivity contribution < 1.29 is 28.3 Å². The van der Waals surface area contributed by atoms with Crippen LogP contribution in [-0.2, 0) is 19.1 Å². The SMILES string of the molecule is CCC1(C)NC(=O)N(CC(=O)OC(C)C(=O)Nc2ccc(F)cc2Cl)C1=O. The van der Waals surface area contributed by atoms with E-state index in [1.54, 1.807) is 13.8 Å². The van der Waals surface area contributed by atoms with Gasteiger partial charge >= 0.3 is 12.0 Å². The third-order valence-electron chi connectivity index (χ3n) is 4.21. The van der Waals surface area contributed by atoms with Gasteiger partial charge in [0, 0.05) is 0 Å². The number of benzene rings is 1. The molecule has 0 saturated carbocycles. The molecular weight excluding hydrogens is 381 g/mol. The summed E-state index contributed by atoms with van der Waals surface area (Å²) in [5.74, 6) is -2.73. The summed E-state index contributed by atoms with van der Waals surface area (Å²) in [6.07, 6.45) is -0.864. The van der Waals surface area contributed by atoms with Crippen LogP contribution in [0.2, 0.25) is 5.02 Å². The van der Waals surface area contributed by atoms with Gasteiger partial charge in [-0.25, -0.2) is 9.18 Å². The molecule has 27 heavy (non-hydrogen) atoms. The van der Waals surface area contributed by atoms with Crippen LogP contribution in [0.5, 0.6) is 0 Å². The summed E-state index contributed by atoms with van der Waals surface area (Å²) < 4.78 is 18.0. The van der Waals surface area contributed by atoms with Crippen LogP contribution in [0.15, 0.2) is 18.2 Å². The summed E-state index contributed by atoms with van der Waals surface area (Å²) in [4.78, 5) is 49.0. The number of ether oxygens (including phenoxy) is 1. The summed E-state index contributed by atoms with van der Waals surface area (Å²) in [7, 11) is 0. The Morgan fingerprint density at radius 3 is 2.63 bits per heavy atom. The zero-order valence-electron chi connectivity index (χ0n) is 15.0. The van der Waals surface area contributed by atoms with Crippen LogP contribution in [0.1, 0.15) is 27.2 Å². The maximum atomic E-state index is 13.0. The largest absolute Gasteiger partial charge is 0.451 e. The fraction of sp³-hybridized carbons (Fsp3) is 0.412. The molecule has 1 aromatic rings. The Morgan fingerprint density at radius 2 is 2.07 bits per heavy atom. The summed E-state index contributed by atoms with van der Waals surface area (Å²) >= 11 is 5.82. The molecule has 1 fully saturated rings. The first-order chi connectivity index (χ1) is 12.6. The summed E-state index contributed by atoms with van der Waals surface area (Å²) in [5, 5.41) is 4.90. The van der Waals surface area contributed by atoms with Crippen LogP contribution in [0.3, 0.4) is 0 Å². The molecule has 10 heteroatoms. The van der Waals surface area contributed by atoms with E-state index in [1.807, 2.05) is 0 Å². The number of carbonyl (C=O) groups excluding carboxylic acids is 4. The Balaban J connectivity index is 1.94. The molecule has 1 aliphatic heterocycles. The molecule has 2 N–H and O–H groups in total. The van der Waals surface area contributed by atoms with E-state index in [9.17, 15) is 23.6 Å². The van der Waals surface area contributed by atoms with Gasteiger partial charge in [0.05, 0.1) is 10.7 Å². The molecule has 0 bridgehead atoms. The number of carbonyl (C=O) groups is 4. The number of nitrogens with zero attached hydrogens (tertiary/aromatic N) is 1. The molecule has 1 saturated heterocycles. The lowest BCUT2D eigenvalue weighted by molar-refractivity contribution is -0.155. The van der Waals surface area contributed by atoms with Gasteiger partial charge in [-0.2, -0.15) is 0 Å². The molecule has 0 radical (unpaired) electrons. The Labute approximate surface area is 160 Å². The first-order valence-corrected chi connectivity index (χ1v) is 8.54. The van der Waals surface area contributed by atoms with Crippen molar-refractivity contribution in [2.75, 3.05) is 11.9 Å². The van der Waals surface area contributed by atoms with Crippen molar-refractivity contribution in [1.29, 1.82) is 0 Å². The zero-order valence-corrected chi connectivity index (χ0v) is 15.7. The minimum Gasteiger partial charge on any atom is -0.451 e. The normalized spacial score (nSPS) is 20.3. The van der Waals surface area contributed by atoms with Crippen LogP contribution >= 0.6 is 11.6 Å². The van der Waals surface area contributed by atoms with E-state index in [1.165, 1.54) is 13.0 Å². The van der Waals surface area contributed by atoms with Crippen molar-refractivity contribution >= 4 is 41.1 Å². The van der Waals surface area contributed by atoms with Gasteiger partial charge < -0.3 is 15.4 Å². The number of hydrogen-bond donors (Lipinski definition) is 2. The van der Waals surface area contributed by atoms with E-state index < -0.39 is 47.8 Å². The Bertz CT molecular complexity index is 803. The topological polar surface area (TPSA) is 105 Å². The maximum Gasteiger partial charge on any atom is 0.327 e. The highest BCUT2D eigenvalue weighted by Crippen LogP contribution is 2.23. The van der Waals surface area contributed by atoms with Gasteiger partial charge in [-0.1, -0.05) is 18.5 Å². The molecule has 2 rings (SSSR count). The van der Waals surface area contributed by atoms with Gasteiger partial charge in [-0.15, -0.1) is 0 Å². The van der Waals surface area contributed by atoms with E-state index in [0.717, 1.165) is 17.0 Å².